The van der Waals surface area contributed by atoms with Crippen LogP contribution < -0.4 is 4.74 Å². The summed E-state index contributed by atoms with van der Waals surface area (Å²) in [5, 5.41) is 0. The molecule has 0 bridgehead atoms. The highest BCUT2D eigenvalue weighted by atomic mass is 127. The van der Waals surface area contributed by atoms with E-state index in [-0.39, 0.29) is 3.42 Å². The number of terminal acetylenes is 1. The predicted molar refractivity (Wildman–Crippen MR) is 80.6 cm³/mol. The van der Waals surface area contributed by atoms with E-state index in [1.165, 1.54) is 16.7 Å². The van der Waals surface area contributed by atoms with Gasteiger partial charge in [0.1, 0.15) is 12.4 Å². The standard InChI is InChI=1S/C15H15IO/c1-4-8-17-14-7-5-6-11-9-12(10-13(11)14)15(2,3)16/h1,5-7,9H,8,10H2,2-3H3. The van der Waals surface area contributed by atoms with Gasteiger partial charge in [-0.05, 0) is 37.5 Å². The number of rotatable bonds is 3. The van der Waals surface area contributed by atoms with Gasteiger partial charge >= 0.3 is 0 Å². The number of hydrogen-bond acceptors (Lipinski definition) is 1. The minimum Gasteiger partial charge on any atom is -0.481 e. The summed E-state index contributed by atoms with van der Waals surface area (Å²) in [6.45, 7) is 4.79. The Morgan fingerprint density at radius 3 is 2.88 bits per heavy atom. The molecule has 0 unspecified atom stereocenters. The van der Waals surface area contributed by atoms with E-state index in [0.717, 1.165) is 12.2 Å². The van der Waals surface area contributed by atoms with E-state index in [1.807, 2.05) is 12.1 Å². The molecular formula is C15H15IO. The number of halogens is 1. The zero-order valence-electron chi connectivity index (χ0n) is 10.1. The average Bonchev–Trinajstić information content (AvgIpc) is 2.70. The third-order valence-electron chi connectivity index (χ3n) is 2.94. The molecule has 0 heterocycles. The van der Waals surface area contributed by atoms with Gasteiger partial charge in [-0.15, -0.1) is 6.42 Å². The predicted octanol–water partition coefficient (Wildman–Crippen LogP) is 3.85. The SMILES string of the molecule is C#CCOc1cccc2c1CC(C(C)(C)I)=C2. The molecule has 0 radical (unpaired) electrons. The molecule has 1 nitrogen and oxygen atoms in total. The molecule has 0 amide bonds. The van der Waals surface area contributed by atoms with Crippen molar-refractivity contribution in [2.75, 3.05) is 6.61 Å². The zero-order chi connectivity index (χ0) is 12.5. The summed E-state index contributed by atoms with van der Waals surface area (Å²) in [5.74, 6) is 3.43. The lowest BCUT2D eigenvalue weighted by Gasteiger charge is -2.18. The minimum atomic E-state index is 0.181. The van der Waals surface area contributed by atoms with Crippen LogP contribution in [0.3, 0.4) is 0 Å². The molecule has 0 saturated heterocycles. The minimum absolute atomic E-state index is 0.181. The van der Waals surface area contributed by atoms with E-state index in [9.17, 15) is 0 Å². The number of ether oxygens (including phenoxy) is 1. The van der Waals surface area contributed by atoms with E-state index in [2.05, 4.69) is 54.5 Å². The molecule has 1 aromatic rings. The van der Waals surface area contributed by atoms with Crippen LogP contribution in [0.2, 0.25) is 0 Å². The Balaban J connectivity index is 2.29. The molecule has 0 N–H and O–H groups in total. The average molecular weight is 338 g/mol. The smallest absolute Gasteiger partial charge is 0.148 e. The second-order valence-corrected chi connectivity index (χ2v) is 7.33. The Bertz CT molecular complexity index is 501. The number of allylic oxidation sites excluding steroid dienone is 1. The van der Waals surface area contributed by atoms with Crippen molar-refractivity contribution >= 4 is 28.7 Å². The fourth-order valence-corrected chi connectivity index (χ4v) is 2.32. The Kier molecular flexibility index (Phi) is 3.48. The van der Waals surface area contributed by atoms with E-state index >= 15 is 0 Å². The van der Waals surface area contributed by atoms with Crippen LogP contribution in [0.15, 0.2) is 23.8 Å². The molecule has 0 fully saturated rings. The molecular weight excluding hydrogens is 323 g/mol. The van der Waals surface area contributed by atoms with Crippen molar-refractivity contribution in [3.63, 3.8) is 0 Å². The second-order valence-electron chi connectivity index (χ2n) is 4.64. The van der Waals surface area contributed by atoms with Gasteiger partial charge in [0.15, 0.2) is 0 Å². The highest BCUT2D eigenvalue weighted by molar-refractivity contribution is 14.1. The maximum Gasteiger partial charge on any atom is 0.148 e. The number of fused-ring (bicyclic) bond motifs is 1. The Hall–Kier alpha value is -0.950. The summed E-state index contributed by atoms with van der Waals surface area (Å²) in [7, 11) is 0. The van der Waals surface area contributed by atoms with Gasteiger partial charge in [0.2, 0.25) is 0 Å². The fraction of sp³-hybridized carbons (Fsp3) is 0.333. The van der Waals surface area contributed by atoms with Gasteiger partial charge in [-0.2, -0.15) is 0 Å². The van der Waals surface area contributed by atoms with Crippen LogP contribution in [0.4, 0.5) is 0 Å². The fourth-order valence-electron chi connectivity index (χ4n) is 1.97. The molecule has 0 aromatic heterocycles. The van der Waals surface area contributed by atoms with Crippen LogP contribution in [0.25, 0.3) is 6.08 Å². The van der Waals surface area contributed by atoms with Crippen LogP contribution in [0, 0.1) is 12.3 Å². The van der Waals surface area contributed by atoms with Crippen molar-refractivity contribution < 1.29 is 4.74 Å². The van der Waals surface area contributed by atoms with Crippen LogP contribution in [0.1, 0.15) is 25.0 Å². The van der Waals surface area contributed by atoms with Crippen molar-refractivity contribution in [1.82, 2.24) is 0 Å². The molecule has 2 heteroatoms. The van der Waals surface area contributed by atoms with E-state index in [4.69, 9.17) is 11.2 Å². The lowest BCUT2D eigenvalue weighted by molar-refractivity contribution is 0.367. The highest BCUT2D eigenvalue weighted by Gasteiger charge is 2.26. The first-order valence-corrected chi connectivity index (χ1v) is 6.68. The molecule has 2 rings (SSSR count). The van der Waals surface area contributed by atoms with Crippen LogP contribution in [-0.2, 0) is 6.42 Å². The summed E-state index contributed by atoms with van der Waals surface area (Å²) >= 11 is 2.48. The summed E-state index contributed by atoms with van der Waals surface area (Å²) in [5.41, 5.74) is 3.96. The van der Waals surface area contributed by atoms with Crippen molar-refractivity contribution in [1.29, 1.82) is 0 Å². The summed E-state index contributed by atoms with van der Waals surface area (Å²) < 4.78 is 5.77. The third-order valence-corrected chi connectivity index (χ3v) is 3.63. The van der Waals surface area contributed by atoms with Gasteiger partial charge in [0, 0.05) is 8.99 Å². The summed E-state index contributed by atoms with van der Waals surface area (Å²) in [4.78, 5) is 0. The Labute approximate surface area is 116 Å². The molecule has 0 atom stereocenters. The quantitative estimate of drug-likeness (QED) is 0.462. The molecule has 0 aliphatic heterocycles. The Morgan fingerprint density at radius 2 is 2.24 bits per heavy atom. The van der Waals surface area contributed by atoms with Gasteiger partial charge in [-0.25, -0.2) is 0 Å². The molecule has 17 heavy (non-hydrogen) atoms. The molecule has 88 valence electrons. The molecule has 0 spiro atoms. The number of hydrogen-bond donors (Lipinski definition) is 0. The van der Waals surface area contributed by atoms with Crippen molar-refractivity contribution in [2.24, 2.45) is 0 Å². The molecule has 1 aromatic carbocycles. The van der Waals surface area contributed by atoms with Gasteiger partial charge in [0.05, 0.1) is 0 Å². The van der Waals surface area contributed by atoms with Gasteiger partial charge in [-0.1, -0.05) is 46.7 Å². The normalized spacial score (nSPS) is 13.9. The van der Waals surface area contributed by atoms with E-state index < -0.39 is 0 Å². The number of alkyl halides is 1. The first-order chi connectivity index (χ1) is 8.02. The Morgan fingerprint density at radius 1 is 1.47 bits per heavy atom. The van der Waals surface area contributed by atoms with Crippen molar-refractivity contribution in [3.8, 4) is 18.1 Å². The highest BCUT2D eigenvalue weighted by Crippen LogP contribution is 2.40. The van der Waals surface area contributed by atoms with Gasteiger partial charge in [0.25, 0.3) is 0 Å². The summed E-state index contributed by atoms with van der Waals surface area (Å²) in [6, 6.07) is 6.14. The van der Waals surface area contributed by atoms with Crippen LogP contribution in [-0.4, -0.2) is 10.0 Å². The number of benzene rings is 1. The molecule has 0 saturated carbocycles. The first kappa shape index (κ1) is 12.5. The molecule has 1 aliphatic carbocycles. The van der Waals surface area contributed by atoms with E-state index in [1.54, 1.807) is 0 Å². The lowest BCUT2D eigenvalue weighted by Crippen LogP contribution is -2.13. The largest absolute Gasteiger partial charge is 0.481 e. The molecule has 1 aliphatic rings. The second kappa shape index (κ2) is 4.73. The van der Waals surface area contributed by atoms with Crippen molar-refractivity contribution in [2.45, 2.75) is 23.7 Å². The van der Waals surface area contributed by atoms with Crippen LogP contribution in [0.5, 0.6) is 5.75 Å². The first-order valence-electron chi connectivity index (χ1n) is 5.60. The zero-order valence-corrected chi connectivity index (χ0v) is 12.2. The monoisotopic (exact) mass is 338 g/mol. The maximum absolute atomic E-state index is 5.59. The lowest BCUT2D eigenvalue weighted by atomic mass is 10.0. The topological polar surface area (TPSA) is 9.23 Å². The van der Waals surface area contributed by atoms with Crippen LogP contribution >= 0.6 is 22.6 Å². The maximum atomic E-state index is 5.59. The van der Waals surface area contributed by atoms with Gasteiger partial charge in [-0.3, -0.25) is 0 Å². The third kappa shape index (κ3) is 2.66. The van der Waals surface area contributed by atoms with Gasteiger partial charge < -0.3 is 4.74 Å². The van der Waals surface area contributed by atoms with E-state index in [0.29, 0.717) is 6.61 Å². The summed E-state index contributed by atoms with van der Waals surface area (Å²) in [6.07, 6.45) is 8.46. The van der Waals surface area contributed by atoms with Crippen molar-refractivity contribution in [3.05, 3.63) is 34.9 Å².